The van der Waals surface area contributed by atoms with Crippen LogP contribution in [0.3, 0.4) is 0 Å². The number of nitrogens with zero attached hydrogens (tertiary/aromatic N) is 1. The highest BCUT2D eigenvalue weighted by atomic mass is 35.5. The van der Waals surface area contributed by atoms with Crippen LogP contribution in [0.2, 0.25) is 10.0 Å². The SMILES string of the molecule is O=C(CN(c1cccc(Cl)c1)S(=O)(=O)c1ccc(Cl)cc1)Nc1ccc(C23CC4CC(CC(C4)C2)C3)cc1. The normalized spacial score (nSPS) is 25.8. The fraction of sp³-hybridized carbons (Fsp3) is 0.367. The minimum atomic E-state index is -4.05. The number of hydrogen-bond donors (Lipinski definition) is 1. The largest absolute Gasteiger partial charge is 0.325 e. The number of sulfonamides is 1. The summed E-state index contributed by atoms with van der Waals surface area (Å²) in [5.74, 6) is 2.15. The molecule has 38 heavy (non-hydrogen) atoms. The number of anilines is 2. The molecule has 0 saturated heterocycles. The Bertz CT molecular complexity index is 1420. The Labute approximate surface area is 234 Å². The van der Waals surface area contributed by atoms with Crippen LogP contribution in [0, 0.1) is 17.8 Å². The minimum Gasteiger partial charge on any atom is -0.325 e. The van der Waals surface area contributed by atoms with Crippen molar-refractivity contribution in [3.8, 4) is 0 Å². The summed E-state index contributed by atoms with van der Waals surface area (Å²) in [6.07, 6.45) is 8.03. The van der Waals surface area contributed by atoms with Gasteiger partial charge in [0.15, 0.2) is 0 Å². The topological polar surface area (TPSA) is 66.5 Å². The van der Waals surface area contributed by atoms with E-state index in [0.29, 0.717) is 21.4 Å². The lowest BCUT2D eigenvalue weighted by molar-refractivity contribution is -0.114. The monoisotopic (exact) mass is 568 g/mol. The molecule has 0 radical (unpaired) electrons. The third-order valence-electron chi connectivity index (χ3n) is 8.60. The van der Waals surface area contributed by atoms with E-state index in [1.165, 1.54) is 74.4 Å². The zero-order chi connectivity index (χ0) is 26.5. The molecule has 3 aromatic carbocycles. The first-order valence-corrected chi connectivity index (χ1v) is 15.3. The molecule has 1 amide bonds. The molecule has 0 spiro atoms. The van der Waals surface area contributed by atoms with Gasteiger partial charge in [0.1, 0.15) is 6.54 Å². The van der Waals surface area contributed by atoms with Crippen LogP contribution in [0.5, 0.6) is 0 Å². The van der Waals surface area contributed by atoms with Crippen molar-refractivity contribution in [1.29, 1.82) is 0 Å². The Hall–Kier alpha value is -2.54. The molecule has 4 aliphatic carbocycles. The van der Waals surface area contributed by atoms with Crippen molar-refractivity contribution in [3.63, 3.8) is 0 Å². The molecule has 0 aliphatic heterocycles. The summed E-state index contributed by atoms with van der Waals surface area (Å²) < 4.78 is 28.2. The van der Waals surface area contributed by atoms with E-state index >= 15 is 0 Å². The molecule has 0 unspecified atom stereocenters. The van der Waals surface area contributed by atoms with Gasteiger partial charge in [-0.05, 0) is 122 Å². The quantitative estimate of drug-likeness (QED) is 0.325. The van der Waals surface area contributed by atoms with Crippen molar-refractivity contribution in [2.45, 2.75) is 48.8 Å². The summed E-state index contributed by atoms with van der Waals surface area (Å²) in [7, 11) is -4.05. The Kier molecular flexibility index (Phi) is 6.69. The third kappa shape index (κ3) is 4.94. The maximum absolute atomic E-state index is 13.6. The van der Waals surface area contributed by atoms with Gasteiger partial charge in [0.2, 0.25) is 5.91 Å². The number of amides is 1. The van der Waals surface area contributed by atoms with Crippen LogP contribution >= 0.6 is 23.2 Å². The summed E-state index contributed by atoms with van der Waals surface area (Å²) in [6.45, 7) is -0.401. The molecular formula is C30H30Cl2N2O3S. The number of rotatable bonds is 7. The van der Waals surface area contributed by atoms with Gasteiger partial charge in [-0.2, -0.15) is 0 Å². The van der Waals surface area contributed by atoms with Gasteiger partial charge in [0.05, 0.1) is 10.6 Å². The third-order valence-corrected chi connectivity index (χ3v) is 10.9. The molecule has 5 nitrogen and oxygen atoms in total. The lowest BCUT2D eigenvalue weighted by atomic mass is 9.48. The van der Waals surface area contributed by atoms with Crippen molar-refractivity contribution in [2.75, 3.05) is 16.2 Å². The van der Waals surface area contributed by atoms with Gasteiger partial charge >= 0.3 is 0 Å². The van der Waals surface area contributed by atoms with Crippen LogP contribution in [0.15, 0.2) is 77.7 Å². The van der Waals surface area contributed by atoms with E-state index in [1.54, 1.807) is 18.2 Å². The van der Waals surface area contributed by atoms with Crippen LogP contribution in [0.4, 0.5) is 11.4 Å². The summed E-state index contributed by atoms with van der Waals surface area (Å²) in [5, 5.41) is 3.69. The summed E-state index contributed by atoms with van der Waals surface area (Å²) in [5.41, 5.74) is 2.62. The van der Waals surface area contributed by atoms with Crippen molar-refractivity contribution < 1.29 is 13.2 Å². The number of nitrogens with one attached hydrogen (secondary N) is 1. The highest BCUT2D eigenvalue weighted by Crippen LogP contribution is 2.60. The summed E-state index contributed by atoms with van der Waals surface area (Å²) in [4.78, 5) is 13.2. The molecule has 4 aliphatic rings. The van der Waals surface area contributed by atoms with Gasteiger partial charge in [-0.1, -0.05) is 41.4 Å². The molecule has 0 atom stereocenters. The molecule has 4 fully saturated rings. The summed E-state index contributed by atoms with van der Waals surface area (Å²) >= 11 is 12.1. The second-order valence-electron chi connectivity index (χ2n) is 11.3. The van der Waals surface area contributed by atoms with Crippen molar-refractivity contribution in [1.82, 2.24) is 0 Å². The van der Waals surface area contributed by atoms with Crippen molar-refractivity contribution in [3.05, 3.63) is 88.4 Å². The second kappa shape index (κ2) is 9.89. The van der Waals surface area contributed by atoms with Crippen LogP contribution < -0.4 is 9.62 Å². The Balaban J connectivity index is 1.21. The number of carbonyl (C=O) groups excluding carboxylic acids is 1. The molecule has 0 aromatic heterocycles. The van der Waals surface area contributed by atoms with Crippen LogP contribution in [-0.4, -0.2) is 20.9 Å². The highest BCUT2D eigenvalue weighted by molar-refractivity contribution is 7.92. The number of halogens is 2. The van der Waals surface area contributed by atoms with E-state index in [1.807, 2.05) is 12.1 Å². The average Bonchev–Trinajstić information content (AvgIpc) is 2.87. The van der Waals surface area contributed by atoms with Gasteiger partial charge in [0, 0.05) is 15.7 Å². The molecule has 0 heterocycles. The minimum absolute atomic E-state index is 0.0367. The first-order chi connectivity index (χ1) is 18.2. The van der Waals surface area contributed by atoms with Gasteiger partial charge in [-0.25, -0.2) is 8.42 Å². The average molecular weight is 570 g/mol. The smallest absolute Gasteiger partial charge is 0.264 e. The number of carbonyl (C=O) groups is 1. The molecule has 198 valence electrons. The Morgan fingerprint density at radius 3 is 2.03 bits per heavy atom. The van der Waals surface area contributed by atoms with E-state index in [0.717, 1.165) is 22.1 Å². The first-order valence-electron chi connectivity index (χ1n) is 13.1. The molecule has 7 rings (SSSR count). The van der Waals surface area contributed by atoms with Crippen molar-refractivity contribution >= 4 is 50.5 Å². The maximum Gasteiger partial charge on any atom is 0.264 e. The number of hydrogen-bond acceptors (Lipinski definition) is 3. The zero-order valence-corrected chi connectivity index (χ0v) is 23.3. The highest BCUT2D eigenvalue weighted by Gasteiger charge is 2.51. The fourth-order valence-electron chi connectivity index (χ4n) is 7.38. The standard InChI is InChI=1S/C30H30Cl2N2O3S/c31-24-6-10-28(11-7-24)38(36,37)34(27-3-1-2-25(32)15-27)19-29(35)33-26-8-4-23(5-9-26)30-16-20-12-21(17-30)14-22(13-20)18-30/h1-11,15,20-22H,12-14,16-19H2,(H,33,35). The van der Waals surface area contributed by atoms with Crippen molar-refractivity contribution in [2.24, 2.45) is 17.8 Å². The van der Waals surface area contributed by atoms with E-state index in [-0.39, 0.29) is 10.3 Å². The molecule has 8 heteroatoms. The maximum atomic E-state index is 13.6. The zero-order valence-electron chi connectivity index (χ0n) is 20.9. The van der Waals surface area contributed by atoms with Crippen LogP contribution in [0.25, 0.3) is 0 Å². The van der Waals surface area contributed by atoms with Gasteiger partial charge < -0.3 is 5.32 Å². The van der Waals surface area contributed by atoms with E-state index < -0.39 is 22.5 Å². The molecule has 3 aromatic rings. The van der Waals surface area contributed by atoms with Crippen LogP contribution in [0.1, 0.15) is 44.1 Å². The van der Waals surface area contributed by atoms with E-state index in [9.17, 15) is 13.2 Å². The molecule has 4 saturated carbocycles. The van der Waals surface area contributed by atoms with Gasteiger partial charge in [-0.15, -0.1) is 0 Å². The number of benzene rings is 3. The predicted octanol–water partition coefficient (Wildman–Crippen LogP) is 7.30. The molecule has 1 N–H and O–H groups in total. The van der Waals surface area contributed by atoms with Gasteiger partial charge in [0.25, 0.3) is 10.0 Å². The second-order valence-corrected chi connectivity index (χ2v) is 14.0. The van der Waals surface area contributed by atoms with E-state index in [2.05, 4.69) is 17.4 Å². The van der Waals surface area contributed by atoms with Gasteiger partial charge in [-0.3, -0.25) is 9.10 Å². The lowest BCUT2D eigenvalue weighted by Gasteiger charge is -2.57. The lowest BCUT2D eigenvalue weighted by Crippen LogP contribution is -2.48. The Morgan fingerprint density at radius 1 is 0.842 bits per heavy atom. The summed E-state index contributed by atoms with van der Waals surface area (Å²) in [6, 6.07) is 20.5. The first kappa shape index (κ1) is 25.7. The molecular weight excluding hydrogens is 539 g/mol. The molecule has 4 bridgehead atoms. The Morgan fingerprint density at radius 2 is 1.45 bits per heavy atom. The fourth-order valence-corrected chi connectivity index (χ4v) is 9.11. The van der Waals surface area contributed by atoms with Crippen LogP contribution in [-0.2, 0) is 20.2 Å². The van der Waals surface area contributed by atoms with E-state index in [4.69, 9.17) is 23.2 Å². The predicted molar refractivity (Wildman–Crippen MR) is 152 cm³/mol.